The number of nitrogens with zero attached hydrogens (tertiary/aromatic N) is 2. The molecule has 8 heteroatoms. The standard InChI is InChI=1S/C54H37NO.C48H32BrNO.C6H7BO2.H2/c1-4-13-38(14-5-1)40-25-31-46(32-26-40)55(47-33-27-41(28-34-47)39-15-6-2-7-16-39)48-35-29-42(30-36-48)44-19-10-20-45(37-44)50-22-12-24-52-51-23-11-21-49(53(51)56-54(50)52)43-17-8-3-9-18-43;49-46-19-9-18-45-44-17-8-16-43(47(44)51-48(45)46)39-15-7-14-38(32-39)37-24-30-42(31-25-37)50(40-26-20-35(21-27-40)33-10-3-1-4-11-33)41-28-22-36(23-29-41)34-12-5-2-6-13-34;8-7(9)6-4-2-1-3-5-6;/h1-37H;1-32H;1-5,8-9H;1H/i;;;1+1. The van der Waals surface area contributed by atoms with Crippen LogP contribution in [0.2, 0.25) is 0 Å². The zero-order chi connectivity index (χ0) is 78.1. The number of halogens is 1. The van der Waals surface area contributed by atoms with Crippen molar-refractivity contribution in [3.8, 4) is 100 Å². The summed E-state index contributed by atoms with van der Waals surface area (Å²) >= 11 is 3.67. The minimum absolute atomic E-state index is 0. The van der Waals surface area contributed by atoms with E-state index in [0.29, 0.717) is 5.46 Å². The highest BCUT2D eigenvalue weighted by Crippen LogP contribution is 2.45. The summed E-state index contributed by atoms with van der Waals surface area (Å²) in [5.41, 5.74) is 31.6. The molecular formula is C108H78BBrN2O4. The van der Waals surface area contributed by atoms with Crippen LogP contribution in [-0.4, -0.2) is 17.2 Å². The SMILES string of the molecule is Brc1cccc2c1oc1c(-c3cccc(-c4ccc(N(c5ccc(-c6ccccc6)cc5)c5ccc(-c6ccccc6)cc5)cc4)c3)cccc12.OB(O)c1ccccc1.[2HH].c1ccc(-c2ccc(N(c3ccc(-c4ccccc4)cc3)c3ccc(-c4cccc(-c5cccc6c5oc5c(-c7ccccc7)cccc56)c4)cc3)cc2)cc1. The van der Waals surface area contributed by atoms with Gasteiger partial charge in [0.1, 0.15) is 22.3 Å². The third-order valence-electron chi connectivity index (χ3n) is 21.4. The topological polar surface area (TPSA) is 73.2 Å². The second-order valence-corrected chi connectivity index (χ2v) is 29.4. The highest BCUT2D eigenvalue weighted by atomic mass is 79.9. The van der Waals surface area contributed by atoms with Crippen LogP contribution in [0.5, 0.6) is 0 Å². The average molecular weight is 1560 g/mol. The van der Waals surface area contributed by atoms with Crippen LogP contribution in [0.3, 0.4) is 0 Å². The number of fused-ring (bicyclic) bond motifs is 6. The van der Waals surface area contributed by atoms with Gasteiger partial charge in [0.25, 0.3) is 0 Å². The molecule has 0 saturated carbocycles. The lowest BCUT2D eigenvalue weighted by Gasteiger charge is -2.26. The summed E-state index contributed by atoms with van der Waals surface area (Å²) in [4.78, 5) is 4.65. The van der Waals surface area contributed by atoms with Gasteiger partial charge in [-0.2, -0.15) is 0 Å². The van der Waals surface area contributed by atoms with E-state index in [9.17, 15) is 0 Å². The Hall–Kier alpha value is -14.4. The van der Waals surface area contributed by atoms with Gasteiger partial charge in [0.05, 0.1) is 4.47 Å². The second-order valence-electron chi connectivity index (χ2n) is 28.6. The van der Waals surface area contributed by atoms with E-state index in [1.165, 1.54) is 44.5 Å². The van der Waals surface area contributed by atoms with Crippen LogP contribution in [0.1, 0.15) is 1.43 Å². The van der Waals surface area contributed by atoms with E-state index in [1.54, 1.807) is 24.3 Å². The molecule has 0 atom stereocenters. The Bertz CT molecular complexity index is 6570. The Balaban J connectivity index is 0.000000151. The summed E-state index contributed by atoms with van der Waals surface area (Å²) in [5, 5.41) is 21.6. The summed E-state index contributed by atoms with van der Waals surface area (Å²) < 4.78 is 14.2. The Kier molecular flexibility index (Phi) is 21.1. The van der Waals surface area contributed by atoms with Gasteiger partial charge in [-0.3, -0.25) is 0 Å². The predicted molar refractivity (Wildman–Crippen MR) is 492 cm³/mol. The number of furan rings is 2. The fourth-order valence-electron chi connectivity index (χ4n) is 15.5. The van der Waals surface area contributed by atoms with Gasteiger partial charge in [-0.1, -0.05) is 358 Å². The molecule has 0 spiro atoms. The first-order valence-corrected chi connectivity index (χ1v) is 39.7. The molecule has 0 saturated heterocycles. The highest BCUT2D eigenvalue weighted by molar-refractivity contribution is 9.10. The maximum absolute atomic E-state index is 8.58. The summed E-state index contributed by atoms with van der Waals surface area (Å²) in [6.45, 7) is 0. The molecule has 2 N–H and O–H groups in total. The fourth-order valence-corrected chi connectivity index (χ4v) is 15.9. The molecule has 0 aliphatic carbocycles. The van der Waals surface area contributed by atoms with Crippen molar-refractivity contribution in [2.45, 2.75) is 0 Å². The smallest absolute Gasteiger partial charge is 0.455 e. The normalized spacial score (nSPS) is 11.1. The lowest BCUT2D eigenvalue weighted by molar-refractivity contribution is 0.426. The van der Waals surface area contributed by atoms with Crippen LogP contribution in [0.4, 0.5) is 34.1 Å². The molecule has 2 aromatic heterocycles. The van der Waals surface area contributed by atoms with Gasteiger partial charge in [0.2, 0.25) is 0 Å². The van der Waals surface area contributed by atoms with E-state index in [0.717, 1.165) is 138 Å². The Morgan fingerprint density at radius 1 is 0.198 bits per heavy atom. The first kappa shape index (κ1) is 73.1. The van der Waals surface area contributed by atoms with E-state index in [1.807, 2.05) is 18.2 Å². The number of para-hydroxylation sites is 4. The van der Waals surface area contributed by atoms with Gasteiger partial charge in [-0.25, -0.2) is 0 Å². The lowest BCUT2D eigenvalue weighted by atomic mass is 9.81. The molecule has 18 aromatic carbocycles. The molecule has 0 amide bonds. The van der Waals surface area contributed by atoms with E-state index in [2.05, 4.69) is 432 Å². The van der Waals surface area contributed by atoms with Gasteiger partial charge in [-0.05, 0) is 196 Å². The van der Waals surface area contributed by atoms with E-state index < -0.39 is 7.12 Å². The fraction of sp³-hybridized carbons (Fsp3) is 0. The van der Waals surface area contributed by atoms with Crippen molar-refractivity contribution in [1.82, 2.24) is 0 Å². The highest BCUT2D eigenvalue weighted by Gasteiger charge is 2.21. The molecule has 0 unspecified atom stereocenters. The van der Waals surface area contributed by atoms with Gasteiger partial charge < -0.3 is 28.7 Å². The van der Waals surface area contributed by atoms with Crippen LogP contribution < -0.4 is 15.3 Å². The minimum atomic E-state index is -1.34. The van der Waals surface area contributed by atoms with Crippen LogP contribution in [0.25, 0.3) is 144 Å². The number of rotatable bonds is 16. The molecule has 0 aliphatic rings. The van der Waals surface area contributed by atoms with E-state index in [-0.39, 0.29) is 1.43 Å². The van der Waals surface area contributed by atoms with Crippen molar-refractivity contribution in [2.75, 3.05) is 9.80 Å². The Morgan fingerprint density at radius 3 is 0.707 bits per heavy atom. The van der Waals surface area contributed by atoms with Crippen molar-refractivity contribution in [2.24, 2.45) is 0 Å². The van der Waals surface area contributed by atoms with Crippen molar-refractivity contribution >= 4 is 107 Å². The first-order valence-electron chi connectivity index (χ1n) is 38.9. The van der Waals surface area contributed by atoms with Crippen LogP contribution in [0.15, 0.2) is 462 Å². The third kappa shape index (κ3) is 15.6. The molecule has 20 aromatic rings. The van der Waals surface area contributed by atoms with Gasteiger partial charge in [-0.15, -0.1) is 0 Å². The van der Waals surface area contributed by atoms with Gasteiger partial charge >= 0.3 is 7.12 Å². The molecular weight excluding hydrogens is 1480 g/mol. The molecule has 0 radical (unpaired) electrons. The lowest BCUT2D eigenvalue weighted by Crippen LogP contribution is -2.29. The van der Waals surface area contributed by atoms with Crippen molar-refractivity contribution in [3.63, 3.8) is 0 Å². The molecule has 0 bridgehead atoms. The molecule has 2 heterocycles. The second kappa shape index (κ2) is 33.5. The largest absolute Gasteiger partial charge is 0.488 e. The summed E-state index contributed by atoms with van der Waals surface area (Å²) in [6.07, 6.45) is 0. The number of benzene rings is 18. The molecule has 6 nitrogen and oxygen atoms in total. The summed E-state index contributed by atoms with van der Waals surface area (Å²) in [5.74, 6) is 0. The molecule has 20 rings (SSSR count). The zero-order valence-corrected chi connectivity index (χ0v) is 64.9. The predicted octanol–water partition coefficient (Wildman–Crippen LogP) is 29.5. The van der Waals surface area contributed by atoms with Crippen molar-refractivity contribution in [3.05, 3.63) is 453 Å². The van der Waals surface area contributed by atoms with Crippen molar-refractivity contribution in [1.29, 1.82) is 0 Å². The average Bonchev–Trinajstić information content (AvgIpc) is 1.60. The molecule has 116 heavy (non-hydrogen) atoms. The van der Waals surface area contributed by atoms with Crippen molar-refractivity contribution < 1.29 is 20.3 Å². The Labute approximate surface area is 685 Å². The molecule has 0 fully saturated rings. The number of hydrogen-bond donors (Lipinski definition) is 2. The monoisotopic (exact) mass is 1560 g/mol. The molecule has 554 valence electrons. The third-order valence-corrected chi connectivity index (χ3v) is 22.0. The molecule has 0 aliphatic heterocycles. The summed E-state index contributed by atoms with van der Waals surface area (Å²) in [7, 11) is -1.34. The first-order chi connectivity index (χ1) is 57.3. The maximum atomic E-state index is 8.58. The number of anilines is 6. The van der Waals surface area contributed by atoms with E-state index in [4.69, 9.17) is 18.9 Å². The maximum Gasteiger partial charge on any atom is 0.488 e. The van der Waals surface area contributed by atoms with Crippen LogP contribution in [-0.2, 0) is 0 Å². The Morgan fingerprint density at radius 2 is 0.414 bits per heavy atom. The number of hydrogen-bond acceptors (Lipinski definition) is 6. The van der Waals surface area contributed by atoms with Crippen LogP contribution >= 0.6 is 15.9 Å². The minimum Gasteiger partial charge on any atom is -0.455 e. The van der Waals surface area contributed by atoms with Crippen LogP contribution in [0, 0.1) is 0 Å². The zero-order valence-electron chi connectivity index (χ0n) is 63.3. The van der Waals surface area contributed by atoms with E-state index >= 15 is 0 Å². The quantitative estimate of drug-likeness (QED) is 0.0939. The van der Waals surface area contributed by atoms with Gasteiger partial charge in [0, 0.05) is 73.8 Å². The summed E-state index contributed by atoms with van der Waals surface area (Å²) in [6, 6.07) is 157. The van der Waals surface area contributed by atoms with Gasteiger partial charge in [0.15, 0.2) is 0 Å².